The largest absolute Gasteiger partial charge is 0.375 e. The highest BCUT2D eigenvalue weighted by molar-refractivity contribution is 7.19. The van der Waals surface area contributed by atoms with Gasteiger partial charge in [0.2, 0.25) is 5.91 Å². The molecular weight excluding hydrogens is 348 g/mol. The van der Waals surface area contributed by atoms with Gasteiger partial charge < -0.3 is 16.4 Å². The van der Waals surface area contributed by atoms with Gasteiger partial charge in [-0.1, -0.05) is 47.6 Å². The Morgan fingerprint density at radius 1 is 1.31 bits per heavy atom. The van der Waals surface area contributed by atoms with Crippen molar-refractivity contribution < 1.29 is 9.59 Å². The molecule has 2 amide bonds. The fourth-order valence-electron chi connectivity index (χ4n) is 4.48. The number of carbonyl (C=O) groups is 2. The van der Waals surface area contributed by atoms with E-state index in [-0.39, 0.29) is 11.8 Å². The van der Waals surface area contributed by atoms with Crippen molar-refractivity contribution in [2.24, 2.45) is 17.6 Å². The Bertz CT molecular complexity index is 878. The van der Waals surface area contributed by atoms with Gasteiger partial charge in [-0.05, 0) is 37.2 Å². The molecule has 0 spiro atoms. The third kappa shape index (κ3) is 2.76. The molecule has 1 aromatic heterocycles. The van der Waals surface area contributed by atoms with Crippen molar-refractivity contribution in [1.29, 1.82) is 0 Å². The number of nitrogens with two attached hydrogens (primary N) is 2. The molecule has 6 nitrogen and oxygen atoms in total. The summed E-state index contributed by atoms with van der Waals surface area (Å²) in [4.78, 5) is 32.1. The molecule has 3 atom stereocenters. The van der Waals surface area contributed by atoms with Gasteiger partial charge in [-0.3, -0.25) is 9.59 Å². The predicted molar refractivity (Wildman–Crippen MR) is 102 cm³/mol. The summed E-state index contributed by atoms with van der Waals surface area (Å²) >= 11 is 1.30. The van der Waals surface area contributed by atoms with Crippen LogP contribution < -0.4 is 11.5 Å². The van der Waals surface area contributed by atoms with Crippen molar-refractivity contribution in [3.05, 3.63) is 35.5 Å². The van der Waals surface area contributed by atoms with E-state index >= 15 is 0 Å². The third-order valence-electron chi connectivity index (χ3n) is 5.57. The second-order valence-corrected chi connectivity index (χ2v) is 8.29. The lowest BCUT2D eigenvalue weighted by molar-refractivity contribution is -0.122. The zero-order valence-corrected chi connectivity index (χ0v) is 15.5. The fraction of sp³-hybridized carbons (Fsp3) is 0.421. The summed E-state index contributed by atoms with van der Waals surface area (Å²) < 4.78 is 0. The lowest BCUT2D eigenvalue weighted by atomic mass is 9.93. The van der Waals surface area contributed by atoms with E-state index < -0.39 is 11.9 Å². The maximum absolute atomic E-state index is 13.3. The van der Waals surface area contributed by atoms with Crippen LogP contribution in [0.15, 0.2) is 24.3 Å². The molecule has 1 aromatic carbocycles. The van der Waals surface area contributed by atoms with Crippen LogP contribution in [-0.4, -0.2) is 34.3 Å². The van der Waals surface area contributed by atoms with Gasteiger partial charge in [-0.25, -0.2) is 4.98 Å². The highest BCUT2D eigenvalue weighted by Crippen LogP contribution is 2.43. The molecule has 1 saturated carbocycles. The summed E-state index contributed by atoms with van der Waals surface area (Å²) in [6.07, 6.45) is 3.09. The maximum atomic E-state index is 13.3. The zero-order valence-electron chi connectivity index (χ0n) is 14.6. The Balaban J connectivity index is 1.72. The van der Waals surface area contributed by atoms with Crippen LogP contribution >= 0.6 is 11.3 Å². The van der Waals surface area contributed by atoms with Crippen LogP contribution in [0.25, 0.3) is 10.4 Å². The number of nitrogen functional groups attached to an aromatic ring is 1. The fourth-order valence-corrected chi connectivity index (χ4v) is 5.30. The number of fused-ring (bicyclic) bond motifs is 1. The molecule has 0 bridgehead atoms. The minimum absolute atomic E-state index is 0.176. The summed E-state index contributed by atoms with van der Waals surface area (Å²) in [5.74, 6) is -0.134. The normalized spacial score (nSPS) is 24.7. The quantitative estimate of drug-likeness (QED) is 0.866. The number of thiazole rings is 1. The molecule has 1 aliphatic carbocycles. The minimum Gasteiger partial charge on any atom is -0.375 e. The van der Waals surface area contributed by atoms with Crippen molar-refractivity contribution in [3.63, 3.8) is 0 Å². The summed E-state index contributed by atoms with van der Waals surface area (Å²) in [6.45, 7) is 2.57. The van der Waals surface area contributed by atoms with Gasteiger partial charge in [0.25, 0.3) is 5.91 Å². The van der Waals surface area contributed by atoms with Crippen LogP contribution in [0.2, 0.25) is 0 Å². The number of anilines is 1. The van der Waals surface area contributed by atoms with E-state index in [0.29, 0.717) is 23.3 Å². The van der Waals surface area contributed by atoms with Crippen molar-refractivity contribution in [1.82, 2.24) is 9.88 Å². The number of hydrogen-bond acceptors (Lipinski definition) is 5. The number of rotatable bonds is 3. The van der Waals surface area contributed by atoms with Crippen molar-refractivity contribution in [2.75, 3.05) is 12.3 Å². The molecule has 136 valence electrons. The molecule has 4 N–H and O–H groups in total. The smallest absolute Gasteiger partial charge is 0.274 e. The van der Waals surface area contributed by atoms with Crippen molar-refractivity contribution in [3.8, 4) is 10.4 Å². The molecule has 3 unspecified atom stereocenters. The monoisotopic (exact) mass is 370 g/mol. The second-order valence-electron chi connectivity index (χ2n) is 7.26. The highest BCUT2D eigenvalue weighted by Gasteiger charge is 2.49. The average Bonchev–Trinajstić information content (AvgIpc) is 3.27. The Morgan fingerprint density at radius 3 is 2.85 bits per heavy atom. The molecule has 0 radical (unpaired) electrons. The van der Waals surface area contributed by atoms with Crippen LogP contribution in [0.5, 0.6) is 0 Å². The van der Waals surface area contributed by atoms with Crippen LogP contribution in [-0.2, 0) is 4.79 Å². The number of likely N-dealkylation sites (tertiary alicyclic amines) is 1. The Morgan fingerprint density at radius 2 is 2.12 bits per heavy atom. The van der Waals surface area contributed by atoms with Crippen molar-refractivity contribution in [2.45, 2.75) is 32.2 Å². The van der Waals surface area contributed by atoms with Gasteiger partial charge in [-0.2, -0.15) is 0 Å². The topological polar surface area (TPSA) is 102 Å². The molecule has 26 heavy (non-hydrogen) atoms. The zero-order chi connectivity index (χ0) is 18.4. The molecule has 1 aliphatic heterocycles. The Hall–Kier alpha value is -2.41. The number of primary amides is 1. The van der Waals surface area contributed by atoms with E-state index in [4.69, 9.17) is 11.5 Å². The van der Waals surface area contributed by atoms with Gasteiger partial charge in [0.15, 0.2) is 5.13 Å². The van der Waals surface area contributed by atoms with E-state index in [0.717, 1.165) is 35.3 Å². The van der Waals surface area contributed by atoms with E-state index in [1.54, 1.807) is 4.90 Å². The molecule has 2 aliphatic rings. The van der Waals surface area contributed by atoms with E-state index in [1.807, 2.05) is 31.2 Å². The molecule has 4 rings (SSSR count). The van der Waals surface area contributed by atoms with Gasteiger partial charge in [0.1, 0.15) is 11.7 Å². The molecule has 2 fully saturated rings. The lowest BCUT2D eigenvalue weighted by Gasteiger charge is -2.25. The second kappa shape index (κ2) is 6.39. The molecule has 2 aromatic rings. The van der Waals surface area contributed by atoms with Crippen LogP contribution in [0.4, 0.5) is 5.13 Å². The van der Waals surface area contributed by atoms with E-state index in [2.05, 4.69) is 4.98 Å². The standard InChI is InChI=1S/C19H22N4O2S/c1-10-4-2-5-11(8-10)16-14(22-19(21)26-16)18(25)23-9-12-6-3-7-13(12)15(23)17(20)24/h2,4-5,8,12-13,15H,3,6-7,9H2,1H3,(H2,20,24)(H2,21,22). The third-order valence-corrected chi connectivity index (χ3v) is 6.50. The molecule has 1 saturated heterocycles. The van der Waals surface area contributed by atoms with Crippen LogP contribution in [0.3, 0.4) is 0 Å². The SMILES string of the molecule is Cc1cccc(-c2sc(N)nc2C(=O)N2CC3CCCC3C2C(N)=O)c1. The van der Waals surface area contributed by atoms with E-state index in [9.17, 15) is 9.59 Å². The van der Waals surface area contributed by atoms with Gasteiger partial charge in [0, 0.05) is 6.54 Å². The molecule has 2 heterocycles. The number of aromatic nitrogens is 1. The predicted octanol–water partition coefficient (Wildman–Crippen LogP) is 2.43. The lowest BCUT2D eigenvalue weighted by Crippen LogP contribution is -2.46. The van der Waals surface area contributed by atoms with Gasteiger partial charge in [-0.15, -0.1) is 0 Å². The van der Waals surface area contributed by atoms with Gasteiger partial charge in [0.05, 0.1) is 4.88 Å². The minimum atomic E-state index is -0.539. The van der Waals surface area contributed by atoms with E-state index in [1.165, 1.54) is 11.3 Å². The first-order valence-corrected chi connectivity index (χ1v) is 9.71. The summed E-state index contributed by atoms with van der Waals surface area (Å²) in [5.41, 5.74) is 13.9. The summed E-state index contributed by atoms with van der Waals surface area (Å²) in [6, 6.07) is 7.36. The van der Waals surface area contributed by atoms with Crippen molar-refractivity contribution >= 4 is 28.3 Å². The number of aryl methyl sites for hydroxylation is 1. The Kier molecular flexibility index (Phi) is 4.19. The highest BCUT2D eigenvalue weighted by atomic mass is 32.1. The maximum Gasteiger partial charge on any atom is 0.274 e. The number of carbonyl (C=O) groups excluding carboxylic acids is 2. The van der Waals surface area contributed by atoms with Crippen LogP contribution in [0, 0.1) is 18.8 Å². The first kappa shape index (κ1) is 17.0. The average molecular weight is 370 g/mol. The number of nitrogens with zero attached hydrogens (tertiary/aromatic N) is 2. The first-order chi connectivity index (χ1) is 12.5. The number of benzene rings is 1. The number of amides is 2. The van der Waals surface area contributed by atoms with Gasteiger partial charge >= 0.3 is 0 Å². The van der Waals surface area contributed by atoms with Crippen LogP contribution in [0.1, 0.15) is 35.3 Å². The summed E-state index contributed by atoms with van der Waals surface area (Å²) in [7, 11) is 0. The first-order valence-electron chi connectivity index (χ1n) is 8.89. The Labute approximate surface area is 156 Å². The number of hydrogen-bond donors (Lipinski definition) is 2. The summed E-state index contributed by atoms with van der Waals surface area (Å²) in [5, 5.41) is 0.347. The molecule has 7 heteroatoms. The molecular formula is C19H22N4O2S.